The fourth-order valence-corrected chi connectivity index (χ4v) is 5.24. The highest BCUT2D eigenvalue weighted by molar-refractivity contribution is 6.09. The van der Waals surface area contributed by atoms with E-state index in [4.69, 9.17) is 15.0 Å². The summed E-state index contributed by atoms with van der Waals surface area (Å²) in [6, 6.07) is 35.2. The van der Waals surface area contributed by atoms with Gasteiger partial charge in [-0.2, -0.15) is 0 Å². The van der Waals surface area contributed by atoms with E-state index in [-0.39, 0.29) is 0 Å². The van der Waals surface area contributed by atoms with Crippen molar-refractivity contribution >= 4 is 49.4 Å². The van der Waals surface area contributed by atoms with Crippen molar-refractivity contribution in [1.29, 1.82) is 0 Å². The summed E-state index contributed by atoms with van der Waals surface area (Å²) in [5.74, 6) is 0. The SMILES string of the molecule is c1cnc2c(c1)ccc1ccc(-c3ccc(-c4nc5ccccc5c5nc6ccccn6c45)cc3)nc12. The van der Waals surface area contributed by atoms with Gasteiger partial charge in [-0.1, -0.05) is 72.8 Å². The summed E-state index contributed by atoms with van der Waals surface area (Å²) in [5, 5.41) is 3.24. The maximum atomic E-state index is 5.09. The largest absolute Gasteiger partial charge is 0.298 e. The highest BCUT2D eigenvalue weighted by atomic mass is 15.0. The summed E-state index contributed by atoms with van der Waals surface area (Å²) in [7, 11) is 0. The van der Waals surface area contributed by atoms with E-state index in [2.05, 4.69) is 76.2 Å². The summed E-state index contributed by atoms with van der Waals surface area (Å²) in [6.07, 6.45) is 3.87. The van der Waals surface area contributed by atoms with Crippen molar-refractivity contribution in [3.63, 3.8) is 0 Å². The predicted molar refractivity (Wildman–Crippen MR) is 149 cm³/mol. The van der Waals surface area contributed by atoms with E-state index in [1.165, 1.54) is 0 Å². The monoisotopic (exact) mass is 473 g/mol. The molecule has 5 heteroatoms. The summed E-state index contributed by atoms with van der Waals surface area (Å²) in [5.41, 5.74) is 9.60. The first-order chi connectivity index (χ1) is 18.3. The van der Waals surface area contributed by atoms with Gasteiger partial charge in [-0.15, -0.1) is 0 Å². The Labute approximate surface area is 211 Å². The second-order valence-corrected chi connectivity index (χ2v) is 9.20. The molecule has 0 spiro atoms. The smallest absolute Gasteiger partial charge is 0.137 e. The van der Waals surface area contributed by atoms with Crippen LogP contribution < -0.4 is 0 Å². The molecule has 0 aliphatic heterocycles. The van der Waals surface area contributed by atoms with Gasteiger partial charge in [0.2, 0.25) is 0 Å². The van der Waals surface area contributed by atoms with E-state index in [1.807, 2.05) is 48.7 Å². The van der Waals surface area contributed by atoms with Gasteiger partial charge in [0.15, 0.2) is 0 Å². The number of imidazole rings is 1. The summed E-state index contributed by atoms with van der Waals surface area (Å²) in [4.78, 5) is 19.6. The molecule has 5 heterocycles. The topological polar surface area (TPSA) is 56.0 Å². The van der Waals surface area contributed by atoms with Crippen molar-refractivity contribution in [2.75, 3.05) is 0 Å². The molecule has 172 valence electrons. The van der Waals surface area contributed by atoms with Crippen LogP contribution in [0.3, 0.4) is 0 Å². The maximum Gasteiger partial charge on any atom is 0.137 e. The minimum atomic E-state index is 0.912. The van der Waals surface area contributed by atoms with Gasteiger partial charge in [0, 0.05) is 39.7 Å². The lowest BCUT2D eigenvalue weighted by Gasteiger charge is -2.09. The van der Waals surface area contributed by atoms with Crippen molar-refractivity contribution in [1.82, 2.24) is 24.3 Å². The fourth-order valence-electron chi connectivity index (χ4n) is 5.24. The van der Waals surface area contributed by atoms with Crippen molar-refractivity contribution in [3.05, 3.63) is 116 Å². The molecule has 0 fully saturated rings. The Hall–Kier alpha value is -5.16. The van der Waals surface area contributed by atoms with Crippen LogP contribution >= 0.6 is 0 Å². The molecule has 37 heavy (non-hydrogen) atoms. The number of pyridine rings is 4. The fraction of sp³-hybridized carbons (Fsp3) is 0. The number of para-hydroxylation sites is 1. The average Bonchev–Trinajstić information content (AvgIpc) is 3.37. The molecule has 0 radical (unpaired) electrons. The number of rotatable bonds is 2. The molecule has 8 rings (SSSR count). The van der Waals surface area contributed by atoms with Gasteiger partial charge in [0.25, 0.3) is 0 Å². The Balaban J connectivity index is 1.31. The van der Waals surface area contributed by atoms with E-state index < -0.39 is 0 Å². The first-order valence-electron chi connectivity index (χ1n) is 12.2. The maximum absolute atomic E-state index is 5.09. The zero-order valence-electron chi connectivity index (χ0n) is 19.7. The molecule has 0 saturated heterocycles. The first kappa shape index (κ1) is 20.1. The van der Waals surface area contributed by atoms with Gasteiger partial charge < -0.3 is 0 Å². The van der Waals surface area contributed by atoms with E-state index in [0.717, 1.165) is 71.9 Å². The highest BCUT2D eigenvalue weighted by Crippen LogP contribution is 2.34. The Morgan fingerprint density at radius 3 is 2.24 bits per heavy atom. The van der Waals surface area contributed by atoms with Crippen LogP contribution in [0, 0.1) is 0 Å². The minimum absolute atomic E-state index is 0.912. The second kappa shape index (κ2) is 7.67. The Kier molecular flexibility index (Phi) is 4.16. The lowest BCUT2D eigenvalue weighted by molar-refractivity contribution is 1.22. The van der Waals surface area contributed by atoms with Crippen molar-refractivity contribution < 1.29 is 0 Å². The van der Waals surface area contributed by atoms with E-state index in [9.17, 15) is 0 Å². The van der Waals surface area contributed by atoms with Crippen LogP contribution in [0.1, 0.15) is 0 Å². The molecule has 0 amide bonds. The molecule has 8 aromatic rings. The average molecular weight is 474 g/mol. The lowest BCUT2D eigenvalue weighted by atomic mass is 10.0. The van der Waals surface area contributed by atoms with Crippen LogP contribution in [-0.4, -0.2) is 24.3 Å². The van der Waals surface area contributed by atoms with Gasteiger partial charge in [-0.3, -0.25) is 9.38 Å². The number of hydrogen-bond donors (Lipinski definition) is 0. The quantitative estimate of drug-likeness (QED) is 0.244. The molecule has 0 unspecified atom stereocenters. The van der Waals surface area contributed by atoms with Gasteiger partial charge in [-0.05, 0) is 30.3 Å². The number of fused-ring (bicyclic) bond motifs is 8. The van der Waals surface area contributed by atoms with E-state index in [1.54, 1.807) is 0 Å². The molecule has 0 bridgehead atoms. The van der Waals surface area contributed by atoms with Crippen molar-refractivity contribution in [3.8, 4) is 22.5 Å². The van der Waals surface area contributed by atoms with Crippen LogP contribution in [0.4, 0.5) is 0 Å². The van der Waals surface area contributed by atoms with Gasteiger partial charge in [0.1, 0.15) is 11.2 Å². The molecule has 0 atom stereocenters. The Morgan fingerprint density at radius 1 is 0.541 bits per heavy atom. The van der Waals surface area contributed by atoms with Crippen LogP contribution in [0.5, 0.6) is 0 Å². The van der Waals surface area contributed by atoms with Crippen LogP contribution in [0.2, 0.25) is 0 Å². The lowest BCUT2D eigenvalue weighted by Crippen LogP contribution is -1.92. The Morgan fingerprint density at radius 2 is 1.32 bits per heavy atom. The second-order valence-electron chi connectivity index (χ2n) is 9.20. The molecule has 0 aliphatic rings. The summed E-state index contributed by atoms with van der Waals surface area (Å²) in [6.45, 7) is 0. The third-order valence-electron chi connectivity index (χ3n) is 7.03. The minimum Gasteiger partial charge on any atom is -0.298 e. The van der Waals surface area contributed by atoms with E-state index in [0.29, 0.717) is 0 Å². The molecule has 0 N–H and O–H groups in total. The number of benzene rings is 3. The molecule has 5 aromatic heterocycles. The van der Waals surface area contributed by atoms with Gasteiger partial charge >= 0.3 is 0 Å². The molecule has 0 saturated carbocycles. The first-order valence-corrected chi connectivity index (χ1v) is 12.2. The van der Waals surface area contributed by atoms with Crippen LogP contribution in [0.15, 0.2) is 116 Å². The zero-order chi connectivity index (χ0) is 24.3. The normalized spacial score (nSPS) is 11.8. The third-order valence-corrected chi connectivity index (χ3v) is 7.03. The van der Waals surface area contributed by atoms with Crippen LogP contribution in [0.25, 0.3) is 71.9 Å². The molecular weight excluding hydrogens is 454 g/mol. The summed E-state index contributed by atoms with van der Waals surface area (Å²) >= 11 is 0. The standard InChI is InChI=1S/C32H19N5/c1-2-8-26-24(7-1)31-32(37-19-4-3-9-27(37)36-31)30(35-26)23-12-10-20(11-13-23)25-17-16-22-15-14-21-6-5-18-33-28(21)29(22)34-25/h1-19H. The number of nitrogens with zero attached hydrogens (tertiary/aromatic N) is 5. The van der Waals surface area contributed by atoms with Gasteiger partial charge in [0.05, 0.1) is 33.5 Å². The van der Waals surface area contributed by atoms with Crippen molar-refractivity contribution in [2.24, 2.45) is 0 Å². The zero-order valence-corrected chi connectivity index (χ0v) is 19.7. The molecular formula is C32H19N5. The number of aromatic nitrogens is 5. The molecule has 3 aromatic carbocycles. The predicted octanol–water partition coefficient (Wildman–Crippen LogP) is 7.47. The Bertz CT molecular complexity index is 2140. The summed E-state index contributed by atoms with van der Waals surface area (Å²) < 4.78 is 2.13. The number of hydrogen-bond acceptors (Lipinski definition) is 4. The molecule has 5 nitrogen and oxygen atoms in total. The molecule has 0 aliphatic carbocycles. The van der Waals surface area contributed by atoms with Gasteiger partial charge in [-0.25, -0.2) is 15.0 Å². The van der Waals surface area contributed by atoms with E-state index >= 15 is 0 Å². The highest BCUT2D eigenvalue weighted by Gasteiger charge is 2.16. The van der Waals surface area contributed by atoms with Crippen LogP contribution in [-0.2, 0) is 0 Å². The third kappa shape index (κ3) is 3.04. The van der Waals surface area contributed by atoms with Crippen molar-refractivity contribution in [2.45, 2.75) is 0 Å².